The van der Waals surface area contributed by atoms with Crippen molar-refractivity contribution in [2.75, 3.05) is 19.0 Å². The van der Waals surface area contributed by atoms with E-state index >= 15 is 0 Å². The fourth-order valence-electron chi connectivity index (χ4n) is 1.96. The molecule has 2 N–H and O–H groups in total. The molecule has 0 saturated carbocycles. The van der Waals surface area contributed by atoms with Gasteiger partial charge in [0.05, 0.1) is 13.7 Å². The van der Waals surface area contributed by atoms with Crippen molar-refractivity contribution in [2.24, 2.45) is 0 Å². The normalized spacial score (nSPS) is 10.2. The number of halogens is 1. The van der Waals surface area contributed by atoms with E-state index in [2.05, 4.69) is 21.2 Å². The predicted octanol–water partition coefficient (Wildman–Crippen LogP) is 4.17. The summed E-state index contributed by atoms with van der Waals surface area (Å²) in [5.74, 6) is 1.44. The topological polar surface area (TPSA) is 50.7 Å². The number of methoxy groups -OCH3 is 1. The lowest BCUT2D eigenvalue weighted by atomic mass is 10.1. The fraction of sp³-hybridized carbons (Fsp3) is 0.250. The number of phenolic OH excluding ortho intramolecular Hbond substituents is 1. The van der Waals surface area contributed by atoms with E-state index in [-0.39, 0.29) is 5.75 Å². The second-order valence-corrected chi connectivity index (χ2v) is 5.35. The molecule has 4 nitrogen and oxygen atoms in total. The Morgan fingerprint density at radius 3 is 2.76 bits per heavy atom. The van der Waals surface area contributed by atoms with Crippen LogP contribution in [0.5, 0.6) is 17.2 Å². The standard InChI is InChI=1S/C16H18BrNO3/c1-3-21-15-6-4-5-11(16(15)19)10-18-13-7-12(17)8-14(9-13)20-2/h4-9,18-19H,3,10H2,1-2H3. The fourth-order valence-corrected chi connectivity index (χ4v) is 2.43. The molecule has 0 fully saturated rings. The first-order valence-corrected chi connectivity index (χ1v) is 7.45. The van der Waals surface area contributed by atoms with Crippen LogP contribution in [0.2, 0.25) is 0 Å². The van der Waals surface area contributed by atoms with E-state index in [0.29, 0.717) is 18.9 Å². The molecule has 0 aliphatic rings. The minimum Gasteiger partial charge on any atom is -0.504 e. The van der Waals surface area contributed by atoms with Gasteiger partial charge in [-0.3, -0.25) is 0 Å². The van der Waals surface area contributed by atoms with Crippen LogP contribution in [-0.4, -0.2) is 18.8 Å². The van der Waals surface area contributed by atoms with Crippen molar-refractivity contribution in [1.29, 1.82) is 0 Å². The second kappa shape index (κ2) is 7.22. The molecule has 0 amide bonds. The summed E-state index contributed by atoms with van der Waals surface area (Å²) in [4.78, 5) is 0. The van der Waals surface area contributed by atoms with Crippen LogP contribution in [0.25, 0.3) is 0 Å². The van der Waals surface area contributed by atoms with Crippen LogP contribution in [0.15, 0.2) is 40.9 Å². The zero-order valence-electron chi connectivity index (χ0n) is 12.0. The molecule has 2 rings (SSSR count). The quantitative estimate of drug-likeness (QED) is 0.819. The Morgan fingerprint density at radius 2 is 2.05 bits per heavy atom. The average Bonchev–Trinajstić information content (AvgIpc) is 2.48. The van der Waals surface area contributed by atoms with Crippen molar-refractivity contribution >= 4 is 21.6 Å². The third-order valence-corrected chi connectivity index (χ3v) is 3.43. The summed E-state index contributed by atoms with van der Waals surface area (Å²) >= 11 is 3.44. The zero-order chi connectivity index (χ0) is 15.2. The van der Waals surface area contributed by atoms with Crippen LogP contribution in [0, 0.1) is 0 Å². The largest absolute Gasteiger partial charge is 0.504 e. The van der Waals surface area contributed by atoms with Crippen LogP contribution in [-0.2, 0) is 6.54 Å². The minimum atomic E-state index is 0.175. The maximum absolute atomic E-state index is 10.2. The van der Waals surface area contributed by atoms with E-state index in [1.54, 1.807) is 13.2 Å². The molecule has 0 saturated heterocycles. The second-order valence-electron chi connectivity index (χ2n) is 4.43. The molecule has 0 aromatic heterocycles. The highest BCUT2D eigenvalue weighted by atomic mass is 79.9. The number of benzene rings is 2. The highest BCUT2D eigenvalue weighted by Gasteiger charge is 2.08. The van der Waals surface area contributed by atoms with Crippen LogP contribution >= 0.6 is 15.9 Å². The van der Waals surface area contributed by atoms with Crippen molar-refractivity contribution < 1.29 is 14.6 Å². The van der Waals surface area contributed by atoms with Gasteiger partial charge in [0, 0.05) is 28.3 Å². The van der Waals surface area contributed by atoms with Gasteiger partial charge < -0.3 is 19.9 Å². The van der Waals surface area contributed by atoms with E-state index < -0.39 is 0 Å². The average molecular weight is 352 g/mol. The molecule has 112 valence electrons. The SMILES string of the molecule is CCOc1cccc(CNc2cc(Br)cc(OC)c2)c1O. The van der Waals surface area contributed by atoms with Gasteiger partial charge in [0.25, 0.3) is 0 Å². The third-order valence-electron chi connectivity index (χ3n) is 2.97. The molecule has 2 aromatic rings. The van der Waals surface area contributed by atoms with Crippen molar-refractivity contribution in [3.05, 3.63) is 46.4 Å². The van der Waals surface area contributed by atoms with E-state index in [1.165, 1.54) is 0 Å². The maximum Gasteiger partial charge on any atom is 0.162 e. The highest BCUT2D eigenvalue weighted by molar-refractivity contribution is 9.10. The summed E-state index contributed by atoms with van der Waals surface area (Å²) in [5.41, 5.74) is 1.68. The Bertz CT molecular complexity index is 616. The Balaban J connectivity index is 2.13. The molecule has 0 spiro atoms. The van der Waals surface area contributed by atoms with Gasteiger partial charge >= 0.3 is 0 Å². The molecule has 2 aromatic carbocycles. The Kier molecular flexibility index (Phi) is 5.33. The minimum absolute atomic E-state index is 0.175. The van der Waals surface area contributed by atoms with Gasteiger partial charge in [-0.05, 0) is 25.1 Å². The number of aromatic hydroxyl groups is 1. The predicted molar refractivity (Wildman–Crippen MR) is 87.3 cm³/mol. The maximum atomic E-state index is 10.2. The van der Waals surface area contributed by atoms with E-state index in [9.17, 15) is 5.11 Å². The van der Waals surface area contributed by atoms with Crippen molar-refractivity contribution in [2.45, 2.75) is 13.5 Å². The number of nitrogens with one attached hydrogen (secondary N) is 1. The number of para-hydroxylation sites is 1. The van der Waals surface area contributed by atoms with Gasteiger partial charge in [-0.25, -0.2) is 0 Å². The smallest absolute Gasteiger partial charge is 0.162 e. The Morgan fingerprint density at radius 1 is 1.24 bits per heavy atom. The molecular weight excluding hydrogens is 334 g/mol. The first kappa shape index (κ1) is 15.5. The van der Waals surface area contributed by atoms with Gasteiger partial charge in [0.15, 0.2) is 11.5 Å². The highest BCUT2D eigenvalue weighted by Crippen LogP contribution is 2.31. The Labute approximate surface area is 132 Å². The molecule has 0 atom stereocenters. The lowest BCUT2D eigenvalue weighted by Crippen LogP contribution is -2.01. The molecule has 0 radical (unpaired) electrons. The number of ether oxygens (including phenoxy) is 2. The molecule has 0 aliphatic carbocycles. The van der Waals surface area contributed by atoms with E-state index in [1.807, 2.05) is 37.3 Å². The van der Waals surface area contributed by atoms with Gasteiger partial charge in [0.2, 0.25) is 0 Å². The van der Waals surface area contributed by atoms with Crippen LogP contribution in [0.4, 0.5) is 5.69 Å². The molecule has 21 heavy (non-hydrogen) atoms. The van der Waals surface area contributed by atoms with Gasteiger partial charge in [-0.15, -0.1) is 0 Å². The van der Waals surface area contributed by atoms with Gasteiger partial charge in [-0.1, -0.05) is 28.1 Å². The first-order valence-electron chi connectivity index (χ1n) is 6.66. The van der Waals surface area contributed by atoms with Crippen LogP contribution < -0.4 is 14.8 Å². The molecule has 0 heterocycles. The molecular formula is C16H18BrNO3. The Hall–Kier alpha value is -1.88. The van der Waals surface area contributed by atoms with Crippen molar-refractivity contribution in [1.82, 2.24) is 0 Å². The third kappa shape index (κ3) is 4.04. The van der Waals surface area contributed by atoms with E-state index in [4.69, 9.17) is 9.47 Å². The van der Waals surface area contributed by atoms with Gasteiger partial charge in [0.1, 0.15) is 5.75 Å². The van der Waals surface area contributed by atoms with Crippen LogP contribution in [0.3, 0.4) is 0 Å². The first-order chi connectivity index (χ1) is 10.1. The summed E-state index contributed by atoms with van der Waals surface area (Å²) in [5, 5.41) is 13.4. The number of rotatable bonds is 6. The summed E-state index contributed by atoms with van der Waals surface area (Å²) < 4.78 is 11.5. The monoisotopic (exact) mass is 351 g/mol. The molecule has 0 bridgehead atoms. The summed E-state index contributed by atoms with van der Waals surface area (Å²) in [6, 6.07) is 11.2. The molecule has 0 aliphatic heterocycles. The number of phenols is 1. The lowest BCUT2D eigenvalue weighted by Gasteiger charge is -2.12. The van der Waals surface area contributed by atoms with Crippen molar-refractivity contribution in [3.63, 3.8) is 0 Å². The number of hydrogen-bond acceptors (Lipinski definition) is 4. The van der Waals surface area contributed by atoms with Crippen LogP contribution in [0.1, 0.15) is 12.5 Å². The summed E-state index contributed by atoms with van der Waals surface area (Å²) in [7, 11) is 1.63. The zero-order valence-corrected chi connectivity index (χ0v) is 13.6. The van der Waals surface area contributed by atoms with Crippen molar-refractivity contribution in [3.8, 4) is 17.2 Å². The molecule has 0 unspecified atom stereocenters. The molecule has 5 heteroatoms. The number of hydrogen-bond donors (Lipinski definition) is 2. The van der Waals surface area contributed by atoms with E-state index in [0.717, 1.165) is 21.5 Å². The van der Waals surface area contributed by atoms with Gasteiger partial charge in [-0.2, -0.15) is 0 Å². The summed E-state index contributed by atoms with van der Waals surface area (Å²) in [6.07, 6.45) is 0. The lowest BCUT2D eigenvalue weighted by molar-refractivity contribution is 0.317. The number of anilines is 1. The summed E-state index contributed by atoms with van der Waals surface area (Å²) in [6.45, 7) is 2.90.